The monoisotopic (exact) mass is 483 g/mol. The van der Waals surface area contributed by atoms with Crippen molar-refractivity contribution in [1.82, 2.24) is 5.32 Å². The van der Waals surface area contributed by atoms with E-state index in [9.17, 15) is 5.11 Å². The number of aromatic hydroxyl groups is 1. The third kappa shape index (κ3) is 7.44. The Morgan fingerprint density at radius 2 is 1.86 bits per heavy atom. The van der Waals surface area contributed by atoms with Gasteiger partial charge in [0.15, 0.2) is 0 Å². The van der Waals surface area contributed by atoms with Crippen LogP contribution in [0.4, 0.5) is 0 Å². The Labute approximate surface area is 216 Å². The number of phenolic OH excluding ortho intramolecular Hbond substituents is 1. The van der Waals surface area contributed by atoms with Gasteiger partial charge in [0.2, 0.25) is 0 Å². The summed E-state index contributed by atoms with van der Waals surface area (Å²) in [4.78, 5) is 4.96. The molecule has 0 spiro atoms. The number of benzene rings is 2. The van der Waals surface area contributed by atoms with Crippen molar-refractivity contribution >= 4 is 11.3 Å². The molecule has 4 rings (SSSR count). The number of nitrogens with one attached hydrogen (secondary N) is 1. The van der Waals surface area contributed by atoms with Gasteiger partial charge in [-0.2, -0.15) is 0 Å². The Morgan fingerprint density at radius 3 is 2.67 bits per heavy atom. The number of hydrogen-bond donors (Lipinski definition) is 3. The summed E-state index contributed by atoms with van der Waals surface area (Å²) in [5.74, 6) is 1.23. The van der Waals surface area contributed by atoms with E-state index in [2.05, 4.69) is 41.7 Å². The summed E-state index contributed by atoms with van der Waals surface area (Å²) in [6.07, 6.45) is 16.4. The molecule has 1 fully saturated rings. The SMILES string of the molecule is C/C(=C/N)C1=CC(c2ccccc2O)=CC(=NCc2cccc(CNCCCC3CCCCC3)c2)C1. The Morgan fingerprint density at radius 1 is 1.06 bits per heavy atom. The maximum atomic E-state index is 10.4. The Bertz CT molecular complexity index is 1140. The molecule has 1 saturated carbocycles. The first-order valence-electron chi connectivity index (χ1n) is 13.5. The number of nitrogens with zero attached hydrogens (tertiary/aromatic N) is 1. The van der Waals surface area contributed by atoms with Gasteiger partial charge in [0, 0.05) is 24.2 Å². The molecular formula is C32H41N3O. The maximum absolute atomic E-state index is 10.4. The number of para-hydroxylation sites is 1. The van der Waals surface area contributed by atoms with Crippen LogP contribution < -0.4 is 11.1 Å². The van der Waals surface area contributed by atoms with Crippen LogP contribution in [0.25, 0.3) is 5.57 Å². The Hall–Kier alpha value is -3.11. The van der Waals surface area contributed by atoms with E-state index in [1.807, 2.05) is 25.1 Å². The summed E-state index contributed by atoms with van der Waals surface area (Å²) in [5.41, 5.74) is 13.3. The van der Waals surface area contributed by atoms with E-state index in [4.69, 9.17) is 10.7 Å². The highest BCUT2D eigenvalue weighted by molar-refractivity contribution is 6.07. The highest BCUT2D eigenvalue weighted by atomic mass is 16.3. The third-order valence-corrected chi connectivity index (χ3v) is 7.47. The molecular weight excluding hydrogens is 442 g/mol. The number of rotatable bonds is 10. The minimum atomic E-state index is 0.272. The molecule has 4 nitrogen and oxygen atoms in total. The standard InChI is InChI=1S/C32H41N3O/c1-24(21-33)28-18-29(31-14-5-6-15-32(31)36)20-30(19-28)35-23-27-12-7-11-26(17-27)22-34-16-8-13-25-9-3-2-4-10-25/h5-7,11-12,14-15,17-18,20-21,25,34,36H,2-4,8-10,13,16,19,22-23,33H2,1H3/b24-21-,35-30?. The van der Waals surface area contributed by atoms with Gasteiger partial charge >= 0.3 is 0 Å². The molecule has 2 aliphatic rings. The molecule has 0 aromatic heterocycles. The lowest BCUT2D eigenvalue weighted by Crippen LogP contribution is -2.16. The lowest BCUT2D eigenvalue weighted by Gasteiger charge is -2.21. The van der Waals surface area contributed by atoms with Gasteiger partial charge in [-0.25, -0.2) is 0 Å². The summed E-state index contributed by atoms with van der Waals surface area (Å²) in [7, 11) is 0. The predicted octanol–water partition coefficient (Wildman–Crippen LogP) is 7.06. The largest absolute Gasteiger partial charge is 0.507 e. The number of hydrogen-bond acceptors (Lipinski definition) is 4. The summed E-state index contributed by atoms with van der Waals surface area (Å²) in [6.45, 7) is 4.64. The van der Waals surface area contributed by atoms with E-state index in [1.165, 1.54) is 56.1 Å². The molecule has 0 aliphatic heterocycles. The average molecular weight is 484 g/mol. The van der Waals surface area contributed by atoms with E-state index in [-0.39, 0.29) is 5.75 Å². The van der Waals surface area contributed by atoms with Crippen LogP contribution in [0.2, 0.25) is 0 Å². The first-order valence-corrected chi connectivity index (χ1v) is 13.5. The molecule has 0 unspecified atom stereocenters. The highest BCUT2D eigenvalue weighted by Gasteiger charge is 2.15. The van der Waals surface area contributed by atoms with Gasteiger partial charge in [-0.05, 0) is 78.4 Å². The fraction of sp³-hybridized carbons (Fsp3) is 0.406. The van der Waals surface area contributed by atoms with Gasteiger partial charge in [0.05, 0.1) is 6.54 Å². The molecule has 36 heavy (non-hydrogen) atoms. The predicted molar refractivity (Wildman–Crippen MR) is 152 cm³/mol. The van der Waals surface area contributed by atoms with Crippen molar-refractivity contribution < 1.29 is 5.11 Å². The molecule has 2 aromatic rings. The first kappa shape index (κ1) is 26.0. The lowest BCUT2D eigenvalue weighted by atomic mass is 9.86. The van der Waals surface area contributed by atoms with Crippen molar-refractivity contribution in [1.29, 1.82) is 0 Å². The second-order valence-electron chi connectivity index (χ2n) is 10.3. The second-order valence-corrected chi connectivity index (χ2v) is 10.3. The van der Waals surface area contributed by atoms with Crippen molar-refractivity contribution in [2.45, 2.75) is 71.4 Å². The van der Waals surface area contributed by atoms with Gasteiger partial charge < -0.3 is 16.2 Å². The van der Waals surface area contributed by atoms with Gasteiger partial charge in [-0.1, -0.05) is 80.6 Å². The van der Waals surface area contributed by atoms with E-state index >= 15 is 0 Å². The van der Waals surface area contributed by atoms with Gasteiger partial charge in [-0.15, -0.1) is 0 Å². The summed E-state index contributed by atoms with van der Waals surface area (Å²) >= 11 is 0. The van der Waals surface area contributed by atoms with Crippen LogP contribution in [0.15, 0.2) is 83.0 Å². The molecule has 4 heteroatoms. The quantitative estimate of drug-likeness (QED) is 0.317. The fourth-order valence-corrected chi connectivity index (χ4v) is 5.30. The second kappa shape index (κ2) is 13.3. The summed E-state index contributed by atoms with van der Waals surface area (Å²) in [5, 5.41) is 14.0. The van der Waals surface area contributed by atoms with E-state index < -0.39 is 0 Å². The number of aliphatic imine (C=N–C) groups is 1. The van der Waals surface area contributed by atoms with Gasteiger partial charge in [-0.3, -0.25) is 4.99 Å². The normalized spacial score (nSPS) is 18.2. The van der Waals surface area contributed by atoms with Crippen LogP contribution in [0.1, 0.15) is 75.0 Å². The minimum absolute atomic E-state index is 0.272. The van der Waals surface area contributed by atoms with Crippen molar-refractivity contribution in [2.24, 2.45) is 16.6 Å². The Kier molecular flexibility index (Phi) is 9.57. The van der Waals surface area contributed by atoms with Crippen LogP contribution in [0.3, 0.4) is 0 Å². The highest BCUT2D eigenvalue weighted by Crippen LogP contribution is 2.32. The zero-order valence-electron chi connectivity index (χ0n) is 21.7. The third-order valence-electron chi connectivity index (χ3n) is 7.47. The summed E-state index contributed by atoms with van der Waals surface area (Å²) in [6, 6.07) is 16.2. The fourth-order valence-electron chi connectivity index (χ4n) is 5.30. The Balaban J connectivity index is 1.36. The van der Waals surface area contributed by atoms with Crippen molar-refractivity contribution in [2.75, 3.05) is 6.54 Å². The zero-order valence-corrected chi connectivity index (χ0v) is 21.7. The average Bonchev–Trinajstić information content (AvgIpc) is 2.92. The molecule has 0 saturated heterocycles. The maximum Gasteiger partial charge on any atom is 0.123 e. The van der Waals surface area contributed by atoms with E-state index in [1.54, 1.807) is 12.3 Å². The molecule has 0 heterocycles. The topological polar surface area (TPSA) is 70.6 Å². The lowest BCUT2D eigenvalue weighted by molar-refractivity contribution is 0.330. The van der Waals surface area contributed by atoms with Crippen LogP contribution >= 0.6 is 0 Å². The minimum Gasteiger partial charge on any atom is -0.507 e. The van der Waals surface area contributed by atoms with Crippen LogP contribution in [-0.4, -0.2) is 17.4 Å². The number of allylic oxidation sites excluding steroid dienone is 5. The van der Waals surface area contributed by atoms with Crippen LogP contribution in [0.5, 0.6) is 5.75 Å². The van der Waals surface area contributed by atoms with Crippen LogP contribution in [-0.2, 0) is 13.1 Å². The van der Waals surface area contributed by atoms with E-state index in [0.29, 0.717) is 6.54 Å². The molecule has 0 radical (unpaired) electrons. The molecule has 4 N–H and O–H groups in total. The molecule has 2 aliphatic carbocycles. The van der Waals surface area contributed by atoms with Crippen molar-refractivity contribution in [3.8, 4) is 5.75 Å². The van der Waals surface area contributed by atoms with E-state index in [0.717, 1.165) is 53.4 Å². The zero-order chi connectivity index (χ0) is 25.2. The molecule has 0 atom stereocenters. The smallest absolute Gasteiger partial charge is 0.123 e. The molecule has 2 aromatic carbocycles. The van der Waals surface area contributed by atoms with Crippen molar-refractivity contribution in [3.63, 3.8) is 0 Å². The van der Waals surface area contributed by atoms with Gasteiger partial charge in [0.1, 0.15) is 5.75 Å². The van der Waals surface area contributed by atoms with Crippen molar-refractivity contribution in [3.05, 3.63) is 94.7 Å². The van der Waals surface area contributed by atoms with Crippen LogP contribution in [0, 0.1) is 5.92 Å². The number of phenols is 1. The summed E-state index contributed by atoms with van der Waals surface area (Å²) < 4.78 is 0. The molecule has 190 valence electrons. The van der Waals surface area contributed by atoms with Gasteiger partial charge in [0.25, 0.3) is 0 Å². The molecule has 0 bridgehead atoms. The number of nitrogens with two attached hydrogens (primary N) is 1. The molecule has 0 amide bonds. The first-order chi connectivity index (χ1) is 17.6.